The van der Waals surface area contributed by atoms with E-state index in [0.717, 1.165) is 19.4 Å². The fourth-order valence-corrected chi connectivity index (χ4v) is 6.39. The maximum absolute atomic E-state index is 12.5. The minimum absolute atomic E-state index is 0. The van der Waals surface area contributed by atoms with Crippen LogP contribution in [0, 0.1) is 11.8 Å². The van der Waals surface area contributed by atoms with E-state index in [2.05, 4.69) is 20.7 Å². The third-order valence-electron chi connectivity index (χ3n) is 8.29. The minimum Gasteiger partial charge on any atom is -0.870 e. The number of halogens is 5. The van der Waals surface area contributed by atoms with Crippen LogP contribution in [0.25, 0.3) is 0 Å². The van der Waals surface area contributed by atoms with Gasteiger partial charge in [0.25, 0.3) is 0 Å². The van der Waals surface area contributed by atoms with Crippen molar-refractivity contribution in [2.24, 2.45) is 17.6 Å². The Labute approximate surface area is 464 Å². The summed E-state index contributed by atoms with van der Waals surface area (Å²) >= 11 is 23.9. The summed E-state index contributed by atoms with van der Waals surface area (Å²) in [5.41, 5.74) is 3.66. The second kappa shape index (κ2) is 36.8. The summed E-state index contributed by atoms with van der Waals surface area (Å²) in [6, 6.07) is 8.39. The number of esters is 2. The fraction of sp³-hybridized carbons (Fsp3) is 0.565. The Kier molecular flexibility index (Phi) is 38.0. The number of hydrogen-bond acceptors (Lipinski definition) is 17. The van der Waals surface area contributed by atoms with Gasteiger partial charge >= 0.3 is 55.0 Å². The van der Waals surface area contributed by atoms with Gasteiger partial charge in [0.2, 0.25) is 0 Å². The van der Waals surface area contributed by atoms with Crippen molar-refractivity contribution >= 4 is 107 Å². The van der Waals surface area contributed by atoms with Crippen molar-refractivity contribution in [2.75, 3.05) is 40.5 Å². The van der Waals surface area contributed by atoms with E-state index < -0.39 is 88.7 Å². The molecule has 410 valence electrons. The number of aliphatic hydroxyl groups is 1. The number of alkyl carbamates (subject to hydrolysis) is 3. The van der Waals surface area contributed by atoms with E-state index in [9.17, 15) is 43.5 Å². The molecule has 1 aliphatic heterocycles. The first-order valence-electron chi connectivity index (χ1n) is 21.5. The van der Waals surface area contributed by atoms with Crippen LogP contribution in [-0.2, 0) is 42.8 Å². The number of ether oxygens (including phenoxy) is 6. The molecule has 1 fully saturated rings. The molecule has 0 aliphatic carbocycles. The molecule has 2 aromatic rings. The van der Waals surface area contributed by atoms with Gasteiger partial charge < -0.3 is 65.8 Å². The molecule has 0 saturated carbocycles. The second-order valence-electron chi connectivity index (χ2n) is 17.9. The molecule has 1 unspecified atom stereocenters. The van der Waals surface area contributed by atoms with Crippen molar-refractivity contribution in [3.05, 3.63) is 67.6 Å². The monoisotopic (exact) mass is 1130 g/mol. The zero-order valence-corrected chi connectivity index (χ0v) is 46.8. The summed E-state index contributed by atoms with van der Waals surface area (Å²) in [6.07, 6.45) is -1.24. The molecule has 21 nitrogen and oxygen atoms in total. The number of amides is 3. The van der Waals surface area contributed by atoms with Crippen LogP contribution in [0.5, 0.6) is 0 Å². The van der Waals surface area contributed by atoms with Crippen LogP contribution in [0.1, 0.15) is 109 Å². The normalized spacial score (nSPS) is 13.7. The smallest absolute Gasteiger partial charge is 0.870 e. The number of benzene rings is 2. The molecule has 1 saturated heterocycles. The van der Waals surface area contributed by atoms with Crippen LogP contribution in [0.3, 0.4) is 0 Å². The number of nitrogens with one attached hydrogen (secondary N) is 3. The van der Waals surface area contributed by atoms with Crippen molar-refractivity contribution in [3.63, 3.8) is 0 Å². The average molecular weight is 1130 g/mol. The Morgan fingerprint density at radius 1 is 0.644 bits per heavy atom. The largest absolute Gasteiger partial charge is 1.00 e. The van der Waals surface area contributed by atoms with E-state index >= 15 is 0 Å². The first-order valence-corrected chi connectivity index (χ1v) is 23.0. The van der Waals surface area contributed by atoms with Gasteiger partial charge in [-0.2, -0.15) is 0 Å². The summed E-state index contributed by atoms with van der Waals surface area (Å²) < 4.78 is 28.9. The summed E-state index contributed by atoms with van der Waals surface area (Å²) in [5.74, 6) is -5.38. The van der Waals surface area contributed by atoms with Gasteiger partial charge in [0.15, 0.2) is 17.9 Å². The van der Waals surface area contributed by atoms with Gasteiger partial charge in [0.05, 0.1) is 57.3 Å². The standard InChI is InChI=1S/C17H21Cl2NO5.C16H19Cl2NO5.C9H18N2O4.C4H8O2.ClH.Li.H2O/c1-17(2,3)25-16(23)20-9-10(15(22)24-4)8-13(21)14-11(18)6-5-7-12(14)19;1-16(2,3)24-15(23)19-8-9(14(21)22)7-12(20)13-10(17)5-4-6-11(13)18;1-9(2,3)15-8(13)11-5-6(10)7(12)14-4;5-4-2-1-3-6-4;;;/h5-7,10H,8-9H2,1-4H3,(H,20,23);4-6,9H,7-8H2,1-3H3,(H,19,23)(H,21,22);6H,5,10H2,1-4H3,(H,11,13);4-5H,1-3H2;1H;;1H2/q;;;;;+1;/p-1/t10-;9-;6-;;;;/m000..../s1. The van der Waals surface area contributed by atoms with Crippen LogP contribution in [0.15, 0.2) is 36.4 Å². The summed E-state index contributed by atoms with van der Waals surface area (Å²) in [7, 11) is 2.44. The van der Waals surface area contributed by atoms with Gasteiger partial charge in [-0.05, 0) is 93.0 Å². The zero-order chi connectivity index (χ0) is 54.2. The Morgan fingerprint density at radius 2 is 0.973 bits per heavy atom. The van der Waals surface area contributed by atoms with Gasteiger partial charge in [-0.25, -0.2) is 14.4 Å². The predicted molar refractivity (Wildman–Crippen MR) is 271 cm³/mol. The molecule has 0 bridgehead atoms. The first kappa shape index (κ1) is 75.4. The number of rotatable bonds is 15. The molecular formula is C46H68Cl5LiN4O17. The molecule has 4 atom stereocenters. The molecule has 1 aliphatic rings. The van der Waals surface area contributed by atoms with Crippen LogP contribution in [0.4, 0.5) is 14.4 Å². The molecular weight excluding hydrogens is 1060 g/mol. The molecule has 2 aromatic carbocycles. The second-order valence-corrected chi connectivity index (χ2v) is 19.6. The molecule has 3 amide bonds. The molecule has 0 aromatic heterocycles. The minimum atomic E-state index is -1.22. The van der Waals surface area contributed by atoms with Crippen molar-refractivity contribution in [3.8, 4) is 0 Å². The number of carboxylic acids is 1. The van der Waals surface area contributed by atoms with E-state index in [1.807, 2.05) is 0 Å². The van der Waals surface area contributed by atoms with E-state index in [0.29, 0.717) is 0 Å². The summed E-state index contributed by atoms with van der Waals surface area (Å²) in [5, 5.41) is 25.6. The van der Waals surface area contributed by atoms with Crippen LogP contribution >= 0.6 is 58.8 Å². The zero-order valence-electron chi connectivity index (χ0n) is 43.0. The maximum Gasteiger partial charge on any atom is 1.00 e. The third-order valence-corrected chi connectivity index (χ3v) is 9.55. The van der Waals surface area contributed by atoms with E-state index in [4.69, 9.17) is 80.9 Å². The topological polar surface area (TPSA) is 325 Å². The molecule has 1 heterocycles. The molecule has 27 heteroatoms. The average Bonchev–Trinajstić information content (AvgIpc) is 3.71. The fourth-order valence-electron chi connectivity index (χ4n) is 5.18. The third kappa shape index (κ3) is 34.2. The molecule has 0 spiro atoms. The van der Waals surface area contributed by atoms with Crippen LogP contribution in [0.2, 0.25) is 20.1 Å². The van der Waals surface area contributed by atoms with Crippen molar-refractivity contribution in [2.45, 2.75) is 117 Å². The van der Waals surface area contributed by atoms with Crippen molar-refractivity contribution < 1.29 is 101 Å². The summed E-state index contributed by atoms with van der Waals surface area (Å²) in [4.78, 5) is 93.3. The number of Topliss-reactive ketones (excluding diaryl/α,β-unsaturated/α-hetero) is 2. The Morgan fingerprint density at radius 3 is 1.25 bits per heavy atom. The summed E-state index contributed by atoms with van der Waals surface area (Å²) in [6.45, 7) is 15.8. The Bertz CT molecular complexity index is 2040. The number of carboxylic acid groups (broad SMARTS) is 1. The molecule has 73 heavy (non-hydrogen) atoms. The number of carbonyl (C=O) groups excluding carboxylic acids is 7. The van der Waals surface area contributed by atoms with Gasteiger partial charge in [0, 0.05) is 45.5 Å². The maximum atomic E-state index is 12.5. The Balaban J connectivity index is -0.000000463. The van der Waals surface area contributed by atoms with E-state index in [1.165, 1.54) is 38.5 Å². The first-order chi connectivity index (χ1) is 32.2. The quantitative estimate of drug-likeness (QED) is 0.0588. The Hall–Kier alpha value is -4.11. The number of methoxy groups -OCH3 is 2. The number of nitrogens with two attached hydrogens (primary N) is 1. The van der Waals surface area contributed by atoms with Gasteiger partial charge in [-0.15, -0.1) is 12.4 Å². The SMILES string of the molecule is CC(C)(C)OC(=O)NC[C@H](CC(=O)c1c(Cl)cccc1Cl)C(=O)O.COC(=O)[C@@H](N)CNC(=O)OC(C)(C)C.COC(=O)[C@H](CNC(=O)OC(C)(C)C)CC(=O)c1c(Cl)cccc1Cl.Cl.OC1CCCO1.[Li+].[OH-]. The van der Waals surface area contributed by atoms with Gasteiger partial charge in [-0.3, -0.25) is 24.0 Å². The van der Waals surface area contributed by atoms with Crippen LogP contribution < -0.4 is 40.5 Å². The number of carbonyl (C=O) groups is 8. The van der Waals surface area contributed by atoms with Crippen molar-refractivity contribution in [1.82, 2.24) is 16.0 Å². The molecule has 0 radical (unpaired) electrons. The number of hydrogen-bond donors (Lipinski definition) is 6. The van der Waals surface area contributed by atoms with Gasteiger partial charge in [0.1, 0.15) is 22.8 Å². The van der Waals surface area contributed by atoms with Crippen LogP contribution in [-0.4, -0.2) is 133 Å². The molecule has 3 rings (SSSR count). The number of ketones is 2. The molecule has 8 N–H and O–H groups in total. The number of aliphatic carboxylic acids is 1. The van der Waals surface area contributed by atoms with Gasteiger partial charge in [-0.1, -0.05) is 58.5 Å². The number of aliphatic hydroxyl groups excluding tert-OH is 1. The van der Waals surface area contributed by atoms with Crippen molar-refractivity contribution in [1.29, 1.82) is 0 Å². The predicted octanol–water partition coefficient (Wildman–Crippen LogP) is 5.05. The van der Waals surface area contributed by atoms with E-state index in [-0.39, 0.29) is 100 Å². The van der Waals surface area contributed by atoms with E-state index in [1.54, 1.807) is 74.4 Å².